The summed E-state index contributed by atoms with van der Waals surface area (Å²) in [7, 11) is 0. The number of carbonyl (C=O) groups excluding carboxylic acids is 1. The highest BCUT2D eigenvalue weighted by molar-refractivity contribution is 5.74. The molecule has 0 aromatic heterocycles. The third kappa shape index (κ3) is 3.08. The fraction of sp³-hybridized carbons (Fsp3) is 0.833. The third-order valence-electron chi connectivity index (χ3n) is 0.810. The van der Waals surface area contributed by atoms with Gasteiger partial charge in [0.2, 0.25) is 0 Å². The lowest BCUT2D eigenvalue weighted by atomic mass is 10.3. The van der Waals surface area contributed by atoms with Gasteiger partial charge in [-0.3, -0.25) is 0 Å². The van der Waals surface area contributed by atoms with Crippen molar-refractivity contribution in [3.63, 3.8) is 0 Å². The molecule has 0 saturated carbocycles. The van der Waals surface area contributed by atoms with E-state index >= 15 is 0 Å². The Labute approximate surface area is 61.7 Å². The van der Waals surface area contributed by atoms with E-state index in [1.807, 2.05) is 0 Å². The number of aliphatic hydroxyl groups is 1. The Balaban J connectivity index is 4.45. The second kappa shape index (κ2) is 4.32. The predicted molar refractivity (Wildman–Crippen MR) is 32.9 cm³/mol. The van der Waals surface area contributed by atoms with Gasteiger partial charge in [-0.1, -0.05) is 6.92 Å². The van der Waals surface area contributed by atoms with Crippen molar-refractivity contribution >= 4 is 5.97 Å². The summed E-state index contributed by atoms with van der Waals surface area (Å²) in [6.07, 6.45) is -1.46. The van der Waals surface area contributed by atoms with Crippen LogP contribution in [0.1, 0.15) is 27.1 Å². The van der Waals surface area contributed by atoms with Crippen LogP contribution < -0.4 is 0 Å². The molecule has 0 fully saturated rings. The van der Waals surface area contributed by atoms with E-state index in [9.17, 15) is 4.79 Å². The number of aliphatic hydroxyl groups excluding tert-OH is 1. The molecule has 1 atom stereocenters. The number of ether oxygens (including phenoxy) is 1. The Morgan fingerprint density at radius 3 is 3.22 bits per heavy atom. The minimum atomic E-state index is -3.07. The van der Waals surface area contributed by atoms with E-state index < -0.39 is 25.5 Å². The number of hydrogen-bond donors (Lipinski definition) is 1. The van der Waals surface area contributed by atoms with Crippen LogP contribution in [0, 0.1) is 0 Å². The van der Waals surface area contributed by atoms with Gasteiger partial charge in [-0.05, 0) is 13.3 Å². The van der Waals surface area contributed by atoms with Crippen molar-refractivity contribution in [2.75, 3.05) is 6.56 Å². The van der Waals surface area contributed by atoms with E-state index in [1.54, 1.807) is 0 Å². The van der Waals surface area contributed by atoms with E-state index in [4.69, 9.17) is 12.0 Å². The second-order valence-corrected chi connectivity index (χ2v) is 1.45. The lowest BCUT2D eigenvalue weighted by Gasteiger charge is -2.04. The highest BCUT2D eigenvalue weighted by Gasteiger charge is 2.11. The molecule has 3 heteroatoms. The van der Waals surface area contributed by atoms with Crippen molar-refractivity contribution in [3.8, 4) is 0 Å². The molecule has 0 spiro atoms. The van der Waals surface area contributed by atoms with E-state index in [2.05, 4.69) is 4.74 Å². The maximum absolute atomic E-state index is 10.9. The number of esters is 1. The van der Waals surface area contributed by atoms with Crippen LogP contribution in [0.4, 0.5) is 0 Å². The summed E-state index contributed by atoms with van der Waals surface area (Å²) in [6, 6.07) is 0. The Morgan fingerprint density at radius 1 is 2.11 bits per heavy atom. The zero-order valence-electron chi connectivity index (χ0n) is 10.0. The summed E-state index contributed by atoms with van der Waals surface area (Å²) < 4.78 is 38.1. The van der Waals surface area contributed by atoms with Gasteiger partial charge in [0, 0.05) is 4.11 Å². The molecule has 0 aliphatic carbocycles. The molecule has 0 aliphatic heterocycles. The Morgan fingerprint density at radius 2 is 2.78 bits per heavy atom. The van der Waals surface area contributed by atoms with Crippen LogP contribution in [0.3, 0.4) is 0 Å². The zero-order chi connectivity index (χ0) is 11.6. The average Bonchev–Trinajstić information content (AvgIpc) is 2.00. The molecule has 1 N–H and O–H groups in total. The number of carbonyl (C=O) groups is 1. The summed E-state index contributed by atoms with van der Waals surface area (Å²) >= 11 is 0. The minimum absolute atomic E-state index is 0.0376. The topological polar surface area (TPSA) is 46.5 Å². The summed E-state index contributed by atoms with van der Waals surface area (Å²) in [4.78, 5) is 10.9. The quantitative estimate of drug-likeness (QED) is 0.570. The molecule has 3 nitrogen and oxygen atoms in total. The van der Waals surface area contributed by atoms with E-state index in [1.165, 1.54) is 6.92 Å². The molecule has 1 unspecified atom stereocenters. The van der Waals surface area contributed by atoms with Gasteiger partial charge in [-0.2, -0.15) is 0 Å². The van der Waals surface area contributed by atoms with Gasteiger partial charge in [0.05, 0.1) is 9.30 Å². The maximum Gasteiger partial charge on any atom is 0.334 e. The van der Waals surface area contributed by atoms with Crippen LogP contribution in [0.25, 0.3) is 0 Å². The first-order chi connectivity index (χ1) is 6.12. The van der Waals surface area contributed by atoms with Crippen LogP contribution in [0.2, 0.25) is 0 Å². The van der Waals surface area contributed by atoms with Gasteiger partial charge in [0.1, 0.15) is 0 Å². The Bertz CT molecular complexity index is 212. The zero-order valence-corrected chi connectivity index (χ0v) is 5.05. The Kier molecular flexibility index (Phi) is 1.45. The fourth-order valence-corrected chi connectivity index (χ4v) is 0.285. The summed E-state index contributed by atoms with van der Waals surface area (Å²) in [5.74, 6) is -1.27. The molecule has 54 valence electrons. The first kappa shape index (κ1) is 3.01. The van der Waals surface area contributed by atoms with E-state index in [0.29, 0.717) is 0 Å². The standard InChI is InChI=1S/C6H12O3/c1-3-5(7)6(8)9-4-2/h5,7H,3-4H2,1-2H3/i2D3,4D2. The highest BCUT2D eigenvalue weighted by Crippen LogP contribution is 1.92. The van der Waals surface area contributed by atoms with Gasteiger partial charge in [-0.15, -0.1) is 0 Å². The van der Waals surface area contributed by atoms with Crippen LogP contribution in [-0.4, -0.2) is 23.7 Å². The van der Waals surface area contributed by atoms with Gasteiger partial charge in [-0.25, -0.2) is 4.79 Å². The summed E-state index contributed by atoms with van der Waals surface area (Å²) in [5, 5.41) is 8.93. The molecule has 0 heterocycles. The largest absolute Gasteiger partial charge is 0.464 e. The molecule has 0 aromatic carbocycles. The number of hydrogen-bond acceptors (Lipinski definition) is 3. The van der Waals surface area contributed by atoms with Gasteiger partial charge >= 0.3 is 5.97 Å². The molecule has 0 aromatic rings. The molecule has 0 aliphatic rings. The summed E-state index contributed by atoms with van der Waals surface area (Å²) in [6.45, 7) is -4.65. The van der Waals surface area contributed by atoms with Crippen molar-refractivity contribution in [1.29, 1.82) is 0 Å². The van der Waals surface area contributed by atoms with Crippen molar-refractivity contribution in [2.24, 2.45) is 0 Å². The highest BCUT2D eigenvalue weighted by atomic mass is 16.5. The van der Waals surface area contributed by atoms with Crippen molar-refractivity contribution < 1.29 is 21.5 Å². The normalized spacial score (nSPS) is 24.0. The molecule has 0 radical (unpaired) electrons. The fourth-order valence-electron chi connectivity index (χ4n) is 0.285. The van der Waals surface area contributed by atoms with Crippen LogP contribution in [-0.2, 0) is 9.53 Å². The monoisotopic (exact) mass is 137 g/mol. The molecule has 0 rings (SSSR count). The van der Waals surface area contributed by atoms with E-state index in [0.717, 1.165) is 0 Å². The number of rotatable bonds is 3. The molecule has 9 heavy (non-hydrogen) atoms. The minimum Gasteiger partial charge on any atom is -0.464 e. The second-order valence-electron chi connectivity index (χ2n) is 1.45. The first-order valence-electron chi connectivity index (χ1n) is 5.02. The molecule has 0 bridgehead atoms. The van der Waals surface area contributed by atoms with Gasteiger partial charge in [0.15, 0.2) is 6.10 Å². The van der Waals surface area contributed by atoms with Crippen molar-refractivity contribution in [1.82, 2.24) is 0 Å². The van der Waals surface area contributed by atoms with E-state index in [-0.39, 0.29) is 6.42 Å². The van der Waals surface area contributed by atoms with Crippen molar-refractivity contribution in [3.05, 3.63) is 0 Å². The smallest absolute Gasteiger partial charge is 0.334 e. The average molecular weight is 137 g/mol. The maximum atomic E-state index is 10.9. The van der Waals surface area contributed by atoms with Crippen LogP contribution in [0.15, 0.2) is 0 Å². The molecule has 0 amide bonds. The van der Waals surface area contributed by atoms with Crippen LogP contribution >= 0.6 is 0 Å². The molecule has 0 saturated heterocycles. The van der Waals surface area contributed by atoms with Gasteiger partial charge in [0.25, 0.3) is 0 Å². The van der Waals surface area contributed by atoms with Gasteiger partial charge < -0.3 is 9.84 Å². The molecular weight excluding hydrogens is 120 g/mol. The lowest BCUT2D eigenvalue weighted by Crippen LogP contribution is -2.21. The molecular formula is C6H12O3. The summed E-state index contributed by atoms with van der Waals surface area (Å²) in [5.41, 5.74) is 0. The third-order valence-corrected chi connectivity index (χ3v) is 0.810. The SMILES string of the molecule is [2H]C([2H])([2H])C([2H])([2H])OC(=O)C(O)CC. The Hall–Kier alpha value is -0.570. The van der Waals surface area contributed by atoms with Crippen molar-refractivity contribution in [2.45, 2.75) is 26.3 Å². The lowest BCUT2D eigenvalue weighted by molar-refractivity contribution is -0.153. The predicted octanol–water partition coefficient (Wildman–Crippen LogP) is 0.320. The first-order valence-corrected chi connectivity index (χ1v) is 2.52. The van der Waals surface area contributed by atoms with Crippen LogP contribution in [0.5, 0.6) is 0 Å².